The third kappa shape index (κ3) is 5.06. The number of hydrogen-bond acceptors (Lipinski definition) is 5. The van der Waals surface area contributed by atoms with E-state index >= 15 is 0 Å². The summed E-state index contributed by atoms with van der Waals surface area (Å²) in [6.45, 7) is 1.96. The zero-order valence-electron chi connectivity index (χ0n) is 12.5. The van der Waals surface area contributed by atoms with Gasteiger partial charge in [0.15, 0.2) is 9.84 Å². The molecule has 0 aliphatic carbocycles. The lowest BCUT2D eigenvalue weighted by atomic mass is 10.2. The molecule has 122 valence electrons. The van der Waals surface area contributed by atoms with Crippen molar-refractivity contribution < 1.29 is 23.1 Å². The van der Waals surface area contributed by atoms with Crippen LogP contribution in [-0.2, 0) is 14.6 Å². The molecule has 0 radical (unpaired) electrons. The van der Waals surface area contributed by atoms with E-state index in [4.69, 9.17) is 5.11 Å². The number of hydrogen-bond donors (Lipinski definition) is 1. The maximum atomic E-state index is 12.5. The van der Waals surface area contributed by atoms with Crippen LogP contribution in [0.3, 0.4) is 0 Å². The maximum Gasteiger partial charge on any atom is 0.320 e. The van der Waals surface area contributed by atoms with Gasteiger partial charge in [0.05, 0.1) is 24.0 Å². The number of sulfone groups is 1. The maximum absolute atomic E-state index is 12.5. The highest BCUT2D eigenvalue weighted by atomic mass is 32.2. The van der Waals surface area contributed by atoms with Crippen LogP contribution in [0.5, 0.6) is 0 Å². The number of urea groups is 1. The normalized spacial score (nSPS) is 22.6. The van der Waals surface area contributed by atoms with Gasteiger partial charge in [0, 0.05) is 25.4 Å². The van der Waals surface area contributed by atoms with E-state index in [1.807, 2.05) is 13.2 Å². The summed E-state index contributed by atoms with van der Waals surface area (Å²) in [4.78, 5) is 26.3. The number of amides is 2. The van der Waals surface area contributed by atoms with Crippen LogP contribution in [0.25, 0.3) is 0 Å². The van der Waals surface area contributed by atoms with Crippen LogP contribution < -0.4 is 0 Å². The lowest BCUT2D eigenvalue weighted by Crippen LogP contribution is -2.56. The van der Waals surface area contributed by atoms with Crippen molar-refractivity contribution in [3.8, 4) is 0 Å². The molecule has 7 nitrogen and oxygen atoms in total. The van der Waals surface area contributed by atoms with Gasteiger partial charge in [-0.2, -0.15) is 11.8 Å². The van der Waals surface area contributed by atoms with E-state index < -0.39 is 21.8 Å². The van der Waals surface area contributed by atoms with Crippen molar-refractivity contribution >= 4 is 33.6 Å². The Labute approximate surface area is 129 Å². The van der Waals surface area contributed by atoms with Gasteiger partial charge >= 0.3 is 12.0 Å². The van der Waals surface area contributed by atoms with Crippen LogP contribution in [-0.4, -0.2) is 84.5 Å². The summed E-state index contributed by atoms with van der Waals surface area (Å²) in [7, 11) is -1.62. The van der Waals surface area contributed by atoms with Gasteiger partial charge in [0.1, 0.15) is 0 Å². The molecule has 2 unspecified atom stereocenters. The van der Waals surface area contributed by atoms with Gasteiger partial charge in [0.25, 0.3) is 0 Å². The Morgan fingerprint density at radius 1 is 1.48 bits per heavy atom. The molecule has 1 N–H and O–H groups in total. The quantitative estimate of drug-likeness (QED) is 0.778. The van der Waals surface area contributed by atoms with Crippen LogP contribution in [0.4, 0.5) is 4.79 Å². The number of aliphatic carboxylic acids is 1. The van der Waals surface area contributed by atoms with Gasteiger partial charge in [-0.15, -0.1) is 0 Å². The number of carboxylic acid groups (broad SMARTS) is 1. The first-order valence-electron chi connectivity index (χ1n) is 6.62. The first-order valence-corrected chi connectivity index (χ1v) is 9.84. The number of nitrogens with zero attached hydrogens (tertiary/aromatic N) is 2. The van der Waals surface area contributed by atoms with Crippen LogP contribution in [0, 0.1) is 0 Å². The van der Waals surface area contributed by atoms with E-state index in [9.17, 15) is 18.0 Å². The number of carbonyl (C=O) groups is 2. The van der Waals surface area contributed by atoms with Gasteiger partial charge in [-0.25, -0.2) is 13.2 Å². The molecule has 9 heteroatoms. The lowest BCUT2D eigenvalue weighted by molar-refractivity contribution is -0.138. The molecule has 1 saturated heterocycles. The Hall–Kier alpha value is -0.960. The number of carboxylic acids is 1. The second-order valence-electron chi connectivity index (χ2n) is 5.26. The average molecular weight is 338 g/mol. The van der Waals surface area contributed by atoms with Gasteiger partial charge in [-0.05, 0) is 13.2 Å². The Morgan fingerprint density at radius 3 is 2.62 bits per heavy atom. The molecule has 2 atom stereocenters. The van der Waals surface area contributed by atoms with E-state index in [0.717, 1.165) is 5.75 Å². The summed E-state index contributed by atoms with van der Waals surface area (Å²) in [5, 5.41) is 8.92. The molecule has 1 aliphatic heterocycles. The molecular formula is C12H22N2O5S2. The first kappa shape index (κ1) is 18.1. The molecular weight excluding hydrogens is 316 g/mol. The predicted octanol–water partition coefficient (Wildman–Crippen LogP) is 0.363. The van der Waals surface area contributed by atoms with Crippen molar-refractivity contribution in [2.75, 3.05) is 37.1 Å². The molecule has 0 aromatic carbocycles. The van der Waals surface area contributed by atoms with E-state index in [1.165, 1.54) is 4.90 Å². The first-order chi connectivity index (χ1) is 9.68. The average Bonchev–Trinajstić information content (AvgIpc) is 2.36. The minimum absolute atomic E-state index is 0.00323. The lowest BCUT2D eigenvalue weighted by Gasteiger charge is -2.38. The van der Waals surface area contributed by atoms with Gasteiger partial charge in [0.2, 0.25) is 0 Å². The fraction of sp³-hybridized carbons (Fsp3) is 0.833. The fourth-order valence-corrected chi connectivity index (χ4v) is 4.48. The van der Waals surface area contributed by atoms with Crippen LogP contribution in [0.15, 0.2) is 0 Å². The smallest absolute Gasteiger partial charge is 0.320 e. The highest BCUT2D eigenvalue weighted by molar-refractivity contribution is 7.98. The summed E-state index contributed by atoms with van der Waals surface area (Å²) in [5.41, 5.74) is 0. The van der Waals surface area contributed by atoms with Crippen molar-refractivity contribution in [1.82, 2.24) is 9.80 Å². The molecule has 1 heterocycles. The molecule has 1 fully saturated rings. The van der Waals surface area contributed by atoms with Crippen LogP contribution in [0.1, 0.15) is 13.3 Å². The second-order valence-corrected chi connectivity index (χ2v) is 8.40. The second kappa shape index (κ2) is 7.35. The van der Waals surface area contributed by atoms with Gasteiger partial charge < -0.3 is 14.9 Å². The highest BCUT2D eigenvalue weighted by Crippen LogP contribution is 2.18. The van der Waals surface area contributed by atoms with E-state index in [0.29, 0.717) is 0 Å². The minimum Gasteiger partial charge on any atom is -0.481 e. The zero-order chi connectivity index (χ0) is 16.2. The minimum atomic E-state index is -3.28. The van der Waals surface area contributed by atoms with Gasteiger partial charge in [-0.1, -0.05) is 0 Å². The number of rotatable bonds is 5. The molecule has 1 aliphatic rings. The summed E-state index contributed by atoms with van der Waals surface area (Å²) < 4.78 is 23.3. The van der Waals surface area contributed by atoms with E-state index in [2.05, 4.69) is 0 Å². The van der Waals surface area contributed by atoms with Crippen molar-refractivity contribution in [2.45, 2.75) is 25.4 Å². The Balaban J connectivity index is 2.86. The molecule has 2 amide bonds. The topological polar surface area (TPSA) is 95.0 Å². The monoisotopic (exact) mass is 338 g/mol. The Morgan fingerprint density at radius 2 is 2.10 bits per heavy atom. The van der Waals surface area contributed by atoms with Crippen LogP contribution >= 0.6 is 11.8 Å². The highest BCUT2D eigenvalue weighted by Gasteiger charge is 2.37. The van der Waals surface area contributed by atoms with Gasteiger partial charge in [-0.3, -0.25) is 4.79 Å². The summed E-state index contributed by atoms with van der Waals surface area (Å²) in [6.07, 6.45) is 1.59. The van der Waals surface area contributed by atoms with Crippen LogP contribution in [0.2, 0.25) is 0 Å². The molecule has 0 aromatic heterocycles. The molecule has 21 heavy (non-hydrogen) atoms. The molecule has 0 saturated carbocycles. The molecule has 0 bridgehead atoms. The Bertz CT molecular complexity index is 494. The molecule has 0 aromatic rings. The standard InChI is InChI=1S/C12H22N2O5S2/c1-9(7-20-3)13(2)12(17)14-4-5-21(18,19)8-10(14)6-11(15)16/h9-10H,4-8H2,1-3H3,(H,15,16). The van der Waals surface area contributed by atoms with E-state index in [1.54, 1.807) is 23.7 Å². The van der Waals surface area contributed by atoms with Crippen molar-refractivity contribution in [1.29, 1.82) is 0 Å². The molecule has 0 spiro atoms. The predicted molar refractivity (Wildman–Crippen MR) is 82.4 cm³/mol. The van der Waals surface area contributed by atoms with E-state index in [-0.39, 0.29) is 36.5 Å². The summed E-state index contributed by atoms with van der Waals surface area (Å²) >= 11 is 1.61. The Kier molecular flexibility index (Phi) is 6.33. The number of carbonyl (C=O) groups excluding carboxylic acids is 1. The number of thioether (sulfide) groups is 1. The zero-order valence-corrected chi connectivity index (χ0v) is 14.1. The third-order valence-electron chi connectivity index (χ3n) is 3.56. The largest absolute Gasteiger partial charge is 0.481 e. The fourth-order valence-electron chi connectivity index (χ4n) is 2.25. The summed E-state index contributed by atoms with van der Waals surface area (Å²) in [5.74, 6) is -0.734. The third-order valence-corrected chi connectivity index (χ3v) is 6.07. The SMILES string of the molecule is CSCC(C)N(C)C(=O)N1CCS(=O)(=O)CC1CC(=O)O. The molecule has 1 rings (SSSR count). The van der Waals surface area contributed by atoms with Crippen molar-refractivity contribution in [3.05, 3.63) is 0 Å². The van der Waals surface area contributed by atoms with Crippen molar-refractivity contribution in [3.63, 3.8) is 0 Å². The van der Waals surface area contributed by atoms with Crippen molar-refractivity contribution in [2.24, 2.45) is 0 Å². The summed E-state index contributed by atoms with van der Waals surface area (Å²) in [6, 6.07) is -1.10.